The van der Waals surface area contributed by atoms with Crippen molar-refractivity contribution in [2.75, 3.05) is 27.7 Å². The van der Waals surface area contributed by atoms with Crippen LogP contribution in [0.2, 0.25) is 0 Å². The normalized spacial score (nSPS) is 31.6. The first kappa shape index (κ1) is 13.1. The highest BCUT2D eigenvalue weighted by molar-refractivity contribution is 5.97. The molecule has 0 aromatic carbocycles. The summed E-state index contributed by atoms with van der Waals surface area (Å²) in [5.74, 6) is 0. The molecule has 0 N–H and O–H groups in total. The van der Waals surface area contributed by atoms with Crippen LogP contribution in [-0.4, -0.2) is 65.5 Å². The van der Waals surface area contributed by atoms with E-state index in [0.29, 0.717) is 12.3 Å². The van der Waals surface area contributed by atoms with Gasteiger partial charge in [0, 0.05) is 14.1 Å². The van der Waals surface area contributed by atoms with Crippen molar-refractivity contribution in [1.82, 2.24) is 14.9 Å². The van der Waals surface area contributed by atoms with Crippen LogP contribution in [0.5, 0.6) is 0 Å². The first-order valence-electron chi connectivity index (χ1n) is 5.47. The predicted octanol–water partition coefficient (Wildman–Crippen LogP) is -0.294. The lowest BCUT2D eigenvalue weighted by Crippen LogP contribution is -2.46. The molecule has 0 radical (unpaired) electrons. The van der Waals surface area contributed by atoms with Crippen LogP contribution in [0.4, 0.5) is 0 Å². The number of hydrazine groups is 1. The van der Waals surface area contributed by atoms with E-state index in [1.807, 2.05) is 0 Å². The van der Waals surface area contributed by atoms with E-state index in [2.05, 4.69) is 56.8 Å². The monoisotopic (exact) mass is 231 g/mol. The molecule has 15 heavy (non-hydrogen) atoms. The summed E-state index contributed by atoms with van der Waals surface area (Å²) in [6.07, 6.45) is 0.807. The summed E-state index contributed by atoms with van der Waals surface area (Å²) in [5, 5.41) is 4.58. The number of rotatable bonds is 2. The summed E-state index contributed by atoms with van der Waals surface area (Å²) in [7, 11) is 7.28. The maximum Gasteiger partial charge on any atom is 0.146 e. The van der Waals surface area contributed by atoms with Crippen molar-refractivity contribution < 1.29 is 4.43 Å². The second-order valence-electron chi connectivity index (χ2n) is 5.49. The zero-order valence-corrected chi connectivity index (χ0v) is 13.1. The molecule has 0 aromatic rings. The molecule has 0 bridgehead atoms. The average molecular weight is 231 g/mol. The van der Waals surface area contributed by atoms with Gasteiger partial charge in [-0.25, -0.2) is 10.0 Å². The lowest BCUT2D eigenvalue weighted by Gasteiger charge is -2.36. The molecule has 90 valence electrons. The van der Waals surface area contributed by atoms with Crippen LogP contribution in [0.1, 0.15) is 20.8 Å². The molecule has 0 aliphatic carbocycles. The molecule has 1 fully saturated rings. The van der Waals surface area contributed by atoms with Gasteiger partial charge in [-0.05, 0) is 12.5 Å². The van der Waals surface area contributed by atoms with Crippen molar-refractivity contribution >= 4 is 10.5 Å². The Morgan fingerprint density at radius 3 is 2.00 bits per heavy atom. The van der Waals surface area contributed by atoms with Crippen molar-refractivity contribution in [3.8, 4) is 0 Å². The molecule has 5 heteroatoms. The standard InChI is InChI=1S/C10H25N3OSi/c1-10(2,3)9-11(4)8(7-14-15)12(5)13(9)6/h8-9H,7H2,1-6,15H3. The summed E-state index contributed by atoms with van der Waals surface area (Å²) in [5.41, 5.74) is 0.248. The molecule has 2 unspecified atom stereocenters. The van der Waals surface area contributed by atoms with Crippen LogP contribution in [0.15, 0.2) is 0 Å². The Kier molecular flexibility index (Phi) is 3.94. The molecular weight excluding hydrogens is 206 g/mol. The van der Waals surface area contributed by atoms with E-state index >= 15 is 0 Å². The van der Waals surface area contributed by atoms with Gasteiger partial charge in [0.25, 0.3) is 0 Å². The molecule has 1 heterocycles. The highest BCUT2D eigenvalue weighted by Crippen LogP contribution is 2.33. The van der Waals surface area contributed by atoms with E-state index in [9.17, 15) is 0 Å². The van der Waals surface area contributed by atoms with Crippen LogP contribution in [0.3, 0.4) is 0 Å². The Labute approximate surface area is 96.7 Å². The SMILES string of the molecule is CN1C(CO[SiH3])N(C)N(C)C1C(C)(C)C. The molecule has 4 nitrogen and oxygen atoms in total. The molecule has 0 saturated carbocycles. The summed E-state index contributed by atoms with van der Waals surface area (Å²) in [4.78, 5) is 2.40. The van der Waals surface area contributed by atoms with E-state index in [1.165, 1.54) is 0 Å². The fraction of sp³-hybridized carbons (Fsp3) is 1.00. The van der Waals surface area contributed by atoms with E-state index in [-0.39, 0.29) is 5.41 Å². The number of hydrogen-bond donors (Lipinski definition) is 0. The van der Waals surface area contributed by atoms with E-state index in [0.717, 1.165) is 17.1 Å². The van der Waals surface area contributed by atoms with E-state index in [1.54, 1.807) is 0 Å². The fourth-order valence-electron chi connectivity index (χ4n) is 2.62. The molecular formula is C10H25N3OSi. The Balaban J connectivity index is 2.85. The third kappa shape index (κ3) is 2.42. The van der Waals surface area contributed by atoms with Crippen molar-refractivity contribution in [2.24, 2.45) is 5.41 Å². The van der Waals surface area contributed by atoms with Gasteiger partial charge >= 0.3 is 0 Å². The van der Waals surface area contributed by atoms with Crippen molar-refractivity contribution in [3.63, 3.8) is 0 Å². The smallest absolute Gasteiger partial charge is 0.146 e. The molecule has 1 aliphatic rings. The third-order valence-corrected chi connectivity index (χ3v) is 3.56. The van der Waals surface area contributed by atoms with Gasteiger partial charge < -0.3 is 4.43 Å². The summed E-state index contributed by atoms with van der Waals surface area (Å²) < 4.78 is 5.40. The first-order valence-corrected chi connectivity index (χ1v) is 6.28. The minimum Gasteiger partial charge on any atom is -0.425 e. The average Bonchev–Trinajstić information content (AvgIpc) is 2.29. The van der Waals surface area contributed by atoms with Crippen LogP contribution < -0.4 is 0 Å². The minimum absolute atomic E-state index is 0.248. The maximum atomic E-state index is 5.40. The first-order chi connectivity index (χ1) is 6.80. The van der Waals surface area contributed by atoms with Gasteiger partial charge in [0.2, 0.25) is 0 Å². The van der Waals surface area contributed by atoms with Gasteiger partial charge in [-0.2, -0.15) is 0 Å². The quantitative estimate of drug-likeness (QED) is 0.608. The third-order valence-electron chi connectivity index (χ3n) is 3.23. The Hall–Kier alpha value is 0.0569. The second-order valence-corrected chi connectivity index (χ2v) is 6.07. The second kappa shape index (κ2) is 4.51. The maximum absolute atomic E-state index is 5.40. The van der Waals surface area contributed by atoms with Crippen molar-refractivity contribution in [1.29, 1.82) is 0 Å². The Morgan fingerprint density at radius 2 is 1.67 bits per heavy atom. The van der Waals surface area contributed by atoms with Gasteiger partial charge in [0.1, 0.15) is 10.5 Å². The summed E-state index contributed by atoms with van der Waals surface area (Å²) >= 11 is 0. The van der Waals surface area contributed by atoms with Crippen LogP contribution in [0, 0.1) is 5.41 Å². The van der Waals surface area contributed by atoms with Crippen LogP contribution in [0.25, 0.3) is 0 Å². The van der Waals surface area contributed by atoms with Gasteiger partial charge in [0.15, 0.2) is 0 Å². The summed E-state index contributed by atoms with van der Waals surface area (Å²) in [6, 6.07) is 0. The van der Waals surface area contributed by atoms with Crippen molar-refractivity contribution in [2.45, 2.75) is 33.1 Å². The number of hydrogen-bond acceptors (Lipinski definition) is 4. The van der Waals surface area contributed by atoms with Crippen LogP contribution >= 0.6 is 0 Å². The number of nitrogens with zero attached hydrogens (tertiary/aromatic N) is 3. The van der Waals surface area contributed by atoms with Gasteiger partial charge in [-0.3, -0.25) is 4.90 Å². The fourth-order valence-corrected chi connectivity index (χ4v) is 2.92. The predicted molar refractivity (Wildman–Crippen MR) is 66.2 cm³/mol. The molecule has 1 saturated heterocycles. The Morgan fingerprint density at radius 1 is 1.13 bits per heavy atom. The lowest BCUT2D eigenvalue weighted by atomic mass is 9.91. The van der Waals surface area contributed by atoms with Gasteiger partial charge in [-0.15, -0.1) is 0 Å². The largest absolute Gasteiger partial charge is 0.425 e. The molecule has 2 atom stereocenters. The number of likely N-dealkylation sites (N-methyl/N-ethyl adjacent to an activating group) is 2. The highest BCUT2D eigenvalue weighted by Gasteiger charge is 2.44. The highest BCUT2D eigenvalue weighted by atomic mass is 28.2. The van der Waals surface area contributed by atoms with Gasteiger partial charge in [-0.1, -0.05) is 20.8 Å². The molecule has 1 aliphatic heterocycles. The van der Waals surface area contributed by atoms with Gasteiger partial charge in [0.05, 0.1) is 18.9 Å². The molecule has 1 rings (SSSR count). The molecule has 0 aromatic heterocycles. The van der Waals surface area contributed by atoms with E-state index < -0.39 is 0 Å². The van der Waals surface area contributed by atoms with Crippen molar-refractivity contribution in [3.05, 3.63) is 0 Å². The Bertz CT molecular complexity index is 219. The molecule has 0 spiro atoms. The zero-order valence-electron chi connectivity index (χ0n) is 11.1. The zero-order chi connectivity index (χ0) is 11.8. The lowest BCUT2D eigenvalue weighted by molar-refractivity contribution is -0.0154. The topological polar surface area (TPSA) is 19.0 Å². The summed E-state index contributed by atoms with van der Waals surface area (Å²) in [6.45, 7) is 7.64. The minimum atomic E-state index is 0.248. The molecule has 0 amide bonds. The van der Waals surface area contributed by atoms with Crippen LogP contribution in [-0.2, 0) is 4.43 Å². The van der Waals surface area contributed by atoms with E-state index in [4.69, 9.17) is 4.43 Å².